The van der Waals surface area contributed by atoms with E-state index >= 15 is 0 Å². The Morgan fingerprint density at radius 3 is 2.92 bits per heavy atom. The summed E-state index contributed by atoms with van der Waals surface area (Å²) < 4.78 is 5.36. The van der Waals surface area contributed by atoms with E-state index in [4.69, 9.17) is 16.3 Å². The van der Waals surface area contributed by atoms with E-state index in [1.54, 1.807) is 7.11 Å². The number of thioether (sulfide) groups is 1. The highest BCUT2D eigenvalue weighted by molar-refractivity contribution is 7.98. The summed E-state index contributed by atoms with van der Waals surface area (Å²) in [6.07, 6.45) is 5.97. The third-order valence-electron chi connectivity index (χ3n) is 4.50. The third kappa shape index (κ3) is 4.19. The maximum absolute atomic E-state index is 9.65. The molecule has 1 aromatic carbocycles. The Hall–Kier alpha value is -1.50. The van der Waals surface area contributed by atoms with Gasteiger partial charge in [-0.1, -0.05) is 29.4 Å². The molecule has 1 heterocycles. The molecule has 2 N–H and O–H groups in total. The predicted octanol–water partition coefficient (Wildman–Crippen LogP) is 3.71. The zero-order valence-electron chi connectivity index (χ0n) is 14.4. The van der Waals surface area contributed by atoms with Crippen LogP contribution in [0.1, 0.15) is 29.5 Å². The number of aliphatic hydroxyl groups is 1. The highest BCUT2D eigenvalue weighted by atomic mass is 35.5. The number of aliphatic hydroxyl groups excluding tert-OH is 1. The van der Waals surface area contributed by atoms with Gasteiger partial charge in [-0.3, -0.25) is 0 Å². The summed E-state index contributed by atoms with van der Waals surface area (Å²) in [5.41, 5.74) is 3.22. The molecule has 0 saturated heterocycles. The van der Waals surface area contributed by atoms with Gasteiger partial charge in [0, 0.05) is 6.04 Å². The topological polar surface area (TPSA) is 67.3 Å². The van der Waals surface area contributed by atoms with Gasteiger partial charge in [-0.25, -0.2) is 9.97 Å². The van der Waals surface area contributed by atoms with Crippen LogP contribution in [0.3, 0.4) is 0 Å². The van der Waals surface area contributed by atoms with Crippen molar-refractivity contribution in [2.24, 2.45) is 0 Å². The molecule has 0 aliphatic heterocycles. The normalized spacial score (nSPS) is 16.9. The van der Waals surface area contributed by atoms with Crippen molar-refractivity contribution in [3.63, 3.8) is 0 Å². The second kappa shape index (κ2) is 8.25. The fourth-order valence-electron chi connectivity index (χ4n) is 3.17. The average molecular weight is 380 g/mol. The Morgan fingerprint density at radius 2 is 2.20 bits per heavy atom. The number of aromatic nitrogens is 2. The molecule has 0 fully saturated rings. The van der Waals surface area contributed by atoms with Gasteiger partial charge < -0.3 is 15.2 Å². The van der Waals surface area contributed by atoms with E-state index in [1.807, 2.05) is 12.3 Å². The number of halogens is 1. The molecular weight excluding hydrogens is 358 g/mol. The van der Waals surface area contributed by atoms with E-state index in [0.717, 1.165) is 31.4 Å². The SMILES string of the molecule is COc1ccc2c(c1)CC(Nc1nc(SC)nc(Cl)c1CO)CCC2. The summed E-state index contributed by atoms with van der Waals surface area (Å²) in [4.78, 5) is 8.70. The Bertz CT molecular complexity index is 757. The Balaban J connectivity index is 1.86. The number of anilines is 1. The minimum atomic E-state index is -0.188. The zero-order valence-corrected chi connectivity index (χ0v) is 16.0. The molecule has 0 radical (unpaired) electrons. The molecule has 0 bridgehead atoms. The van der Waals surface area contributed by atoms with Crippen molar-refractivity contribution < 1.29 is 9.84 Å². The first-order valence-corrected chi connectivity index (χ1v) is 9.88. The number of methoxy groups -OCH3 is 1. The first kappa shape index (κ1) is 18.3. The van der Waals surface area contributed by atoms with Crippen molar-refractivity contribution in [3.05, 3.63) is 40.0 Å². The summed E-state index contributed by atoms with van der Waals surface area (Å²) in [6, 6.07) is 6.51. The Morgan fingerprint density at radius 1 is 1.36 bits per heavy atom. The molecule has 1 aliphatic rings. The standard InChI is InChI=1S/C18H22ClN3O2S/c1-24-14-7-6-11-4-3-5-13(8-12(11)9-14)20-17-15(10-23)16(19)21-18(22-17)25-2/h6-7,9,13,23H,3-5,8,10H2,1-2H3,(H,20,21,22). The number of ether oxygens (including phenoxy) is 1. The molecule has 25 heavy (non-hydrogen) atoms. The monoisotopic (exact) mass is 379 g/mol. The molecule has 5 nitrogen and oxygen atoms in total. The molecule has 1 atom stereocenters. The lowest BCUT2D eigenvalue weighted by atomic mass is 10.0. The third-order valence-corrected chi connectivity index (χ3v) is 5.36. The molecular formula is C18H22ClN3O2S. The van der Waals surface area contributed by atoms with Crippen molar-refractivity contribution in [1.82, 2.24) is 9.97 Å². The molecule has 0 amide bonds. The van der Waals surface area contributed by atoms with Gasteiger partial charge in [0.2, 0.25) is 0 Å². The smallest absolute Gasteiger partial charge is 0.190 e. The minimum absolute atomic E-state index is 0.188. The zero-order chi connectivity index (χ0) is 17.8. The van der Waals surface area contributed by atoms with Gasteiger partial charge in [-0.05, 0) is 55.2 Å². The van der Waals surface area contributed by atoms with Gasteiger partial charge in [0.1, 0.15) is 16.7 Å². The van der Waals surface area contributed by atoms with Crippen LogP contribution in [0.25, 0.3) is 0 Å². The van der Waals surface area contributed by atoms with Gasteiger partial charge in [-0.2, -0.15) is 0 Å². The fraction of sp³-hybridized carbons (Fsp3) is 0.444. The number of benzene rings is 1. The maximum Gasteiger partial charge on any atom is 0.190 e. The molecule has 0 spiro atoms. The summed E-state index contributed by atoms with van der Waals surface area (Å²) in [5, 5.41) is 14.0. The fourth-order valence-corrected chi connectivity index (χ4v) is 3.82. The minimum Gasteiger partial charge on any atom is -0.497 e. The predicted molar refractivity (Wildman–Crippen MR) is 102 cm³/mol. The lowest BCUT2D eigenvalue weighted by Crippen LogP contribution is -2.23. The maximum atomic E-state index is 9.65. The Labute approximate surface area is 157 Å². The van der Waals surface area contributed by atoms with E-state index in [1.165, 1.54) is 22.9 Å². The molecule has 0 saturated carbocycles. The first-order valence-electron chi connectivity index (χ1n) is 8.28. The van der Waals surface area contributed by atoms with Crippen LogP contribution in [0.5, 0.6) is 5.75 Å². The van der Waals surface area contributed by atoms with E-state index in [2.05, 4.69) is 27.4 Å². The molecule has 7 heteroatoms. The number of aryl methyl sites for hydroxylation is 1. The van der Waals surface area contributed by atoms with Gasteiger partial charge >= 0.3 is 0 Å². The molecule has 1 aromatic heterocycles. The van der Waals surface area contributed by atoms with Crippen LogP contribution >= 0.6 is 23.4 Å². The molecule has 3 rings (SSSR count). The largest absolute Gasteiger partial charge is 0.497 e. The lowest BCUT2D eigenvalue weighted by molar-refractivity contribution is 0.281. The van der Waals surface area contributed by atoms with E-state index in [0.29, 0.717) is 21.7 Å². The van der Waals surface area contributed by atoms with Crippen molar-refractivity contribution in [3.8, 4) is 5.75 Å². The van der Waals surface area contributed by atoms with E-state index in [-0.39, 0.29) is 12.6 Å². The van der Waals surface area contributed by atoms with Gasteiger partial charge in [0.05, 0.1) is 19.3 Å². The summed E-state index contributed by atoms with van der Waals surface area (Å²) >= 11 is 7.63. The van der Waals surface area contributed by atoms with E-state index in [9.17, 15) is 5.11 Å². The number of rotatable bonds is 5. The quantitative estimate of drug-likeness (QED) is 0.357. The lowest BCUT2D eigenvalue weighted by Gasteiger charge is -2.20. The number of fused-ring (bicyclic) bond motifs is 1. The van der Waals surface area contributed by atoms with Crippen LogP contribution in [0.4, 0.5) is 5.82 Å². The second-order valence-electron chi connectivity index (χ2n) is 6.06. The number of nitrogens with one attached hydrogen (secondary N) is 1. The molecule has 1 unspecified atom stereocenters. The van der Waals surface area contributed by atoms with Crippen molar-refractivity contribution >= 4 is 29.2 Å². The average Bonchev–Trinajstić information content (AvgIpc) is 2.82. The second-order valence-corrected chi connectivity index (χ2v) is 7.19. The highest BCUT2D eigenvalue weighted by Gasteiger charge is 2.20. The summed E-state index contributed by atoms with van der Waals surface area (Å²) in [5.74, 6) is 1.51. The van der Waals surface area contributed by atoms with Crippen LogP contribution in [-0.4, -0.2) is 34.5 Å². The van der Waals surface area contributed by atoms with Crippen LogP contribution in [0, 0.1) is 0 Å². The van der Waals surface area contributed by atoms with Crippen LogP contribution in [-0.2, 0) is 19.4 Å². The van der Waals surface area contributed by atoms with Gasteiger partial charge in [0.25, 0.3) is 0 Å². The first-order chi connectivity index (χ1) is 12.1. The molecule has 2 aromatic rings. The Kier molecular flexibility index (Phi) is 6.04. The number of hydrogen-bond acceptors (Lipinski definition) is 6. The highest BCUT2D eigenvalue weighted by Crippen LogP contribution is 2.29. The van der Waals surface area contributed by atoms with Crippen molar-refractivity contribution in [1.29, 1.82) is 0 Å². The van der Waals surface area contributed by atoms with E-state index < -0.39 is 0 Å². The molecule has 134 valence electrons. The van der Waals surface area contributed by atoms with Gasteiger partial charge in [0.15, 0.2) is 5.16 Å². The number of hydrogen-bond donors (Lipinski definition) is 2. The van der Waals surface area contributed by atoms with Crippen molar-refractivity contribution in [2.75, 3.05) is 18.7 Å². The summed E-state index contributed by atoms with van der Waals surface area (Å²) in [7, 11) is 1.69. The van der Waals surface area contributed by atoms with Crippen molar-refractivity contribution in [2.45, 2.75) is 43.5 Å². The summed E-state index contributed by atoms with van der Waals surface area (Å²) in [6.45, 7) is -0.188. The molecule has 1 aliphatic carbocycles. The van der Waals surface area contributed by atoms with Crippen LogP contribution < -0.4 is 10.1 Å². The van der Waals surface area contributed by atoms with Gasteiger partial charge in [-0.15, -0.1) is 0 Å². The van der Waals surface area contributed by atoms with Crippen LogP contribution in [0.2, 0.25) is 5.15 Å². The number of nitrogens with zero attached hydrogens (tertiary/aromatic N) is 2. The van der Waals surface area contributed by atoms with Crippen LogP contribution in [0.15, 0.2) is 23.4 Å².